The molecule has 0 radical (unpaired) electrons. The summed E-state index contributed by atoms with van der Waals surface area (Å²) in [4.78, 5) is 2.40. The third kappa shape index (κ3) is 6.02. The van der Waals surface area contributed by atoms with Crippen LogP contribution in [0, 0.1) is 0 Å². The lowest BCUT2D eigenvalue weighted by atomic mass is 9.82. The SMILES string of the molecule is CC1(C)c2ccccc2-c2ccc(N(c3ccc(-c4ccccc4)cc3)c3ccc(-c4ccccc4-c4ccc(-n5c6ccccc6c6ccc7ccccc7c65)cc4)cc3)cc21. The van der Waals surface area contributed by atoms with Gasteiger partial charge in [-0.05, 0) is 116 Å². The van der Waals surface area contributed by atoms with Crippen LogP contribution in [0.25, 0.3) is 82.8 Å². The van der Waals surface area contributed by atoms with E-state index in [9.17, 15) is 0 Å². The monoisotopic (exact) mass is 804 g/mol. The molecule has 1 aliphatic carbocycles. The molecule has 0 fully saturated rings. The predicted molar refractivity (Wildman–Crippen MR) is 267 cm³/mol. The highest BCUT2D eigenvalue weighted by molar-refractivity contribution is 6.18. The molecule has 0 amide bonds. The average molecular weight is 805 g/mol. The minimum atomic E-state index is -0.103. The summed E-state index contributed by atoms with van der Waals surface area (Å²) in [7, 11) is 0. The summed E-state index contributed by atoms with van der Waals surface area (Å²) in [5.74, 6) is 0. The lowest BCUT2D eigenvalue weighted by Gasteiger charge is -2.28. The van der Waals surface area contributed by atoms with E-state index in [1.165, 1.54) is 88.2 Å². The summed E-state index contributed by atoms with van der Waals surface area (Å²) >= 11 is 0. The van der Waals surface area contributed by atoms with E-state index in [0.717, 1.165) is 22.7 Å². The third-order valence-corrected chi connectivity index (χ3v) is 13.4. The fourth-order valence-corrected chi connectivity index (χ4v) is 10.3. The fraction of sp³-hybridized carbons (Fsp3) is 0.0492. The van der Waals surface area contributed by atoms with E-state index >= 15 is 0 Å². The second-order valence-electron chi connectivity index (χ2n) is 17.3. The van der Waals surface area contributed by atoms with Gasteiger partial charge in [0, 0.05) is 44.3 Å². The van der Waals surface area contributed by atoms with E-state index in [4.69, 9.17) is 0 Å². The van der Waals surface area contributed by atoms with Crippen molar-refractivity contribution < 1.29 is 0 Å². The Morgan fingerprint density at radius 2 is 0.873 bits per heavy atom. The van der Waals surface area contributed by atoms with Crippen molar-refractivity contribution in [3.63, 3.8) is 0 Å². The van der Waals surface area contributed by atoms with E-state index < -0.39 is 0 Å². The van der Waals surface area contributed by atoms with Crippen molar-refractivity contribution in [2.24, 2.45) is 0 Å². The normalized spacial score (nSPS) is 12.7. The van der Waals surface area contributed by atoms with Crippen LogP contribution in [0.15, 0.2) is 231 Å². The molecule has 0 aliphatic heterocycles. The highest BCUT2D eigenvalue weighted by atomic mass is 15.1. The Morgan fingerprint density at radius 1 is 0.349 bits per heavy atom. The molecule has 2 nitrogen and oxygen atoms in total. The summed E-state index contributed by atoms with van der Waals surface area (Å²) in [6.45, 7) is 4.71. The standard InChI is InChI=1S/C61H44N2/c1-61(2)57-22-12-10-20-53(57)54-39-37-49(40-58(54)61)62(46-31-24-42(25-32-46)41-14-4-3-5-15-41)47-33-26-44(27-34-47)50-17-8-9-18-51(50)45-28-35-48(36-29-45)63-59-23-13-11-21-55(59)56-38-30-43-16-6-7-19-52(43)60(56)63/h3-40H,1-2H3. The highest BCUT2D eigenvalue weighted by Crippen LogP contribution is 2.51. The number of rotatable bonds is 7. The van der Waals surface area contributed by atoms with E-state index in [1.54, 1.807) is 0 Å². The number of anilines is 3. The van der Waals surface area contributed by atoms with Crippen molar-refractivity contribution in [3.05, 3.63) is 242 Å². The topological polar surface area (TPSA) is 8.17 Å². The van der Waals surface area contributed by atoms with Crippen LogP contribution in [0.4, 0.5) is 17.1 Å². The molecular formula is C61H44N2. The Bertz CT molecular complexity index is 3500. The predicted octanol–water partition coefficient (Wildman–Crippen LogP) is 16.7. The summed E-state index contributed by atoms with van der Waals surface area (Å²) in [6.07, 6.45) is 0. The van der Waals surface area contributed by atoms with E-state index in [2.05, 4.69) is 254 Å². The summed E-state index contributed by atoms with van der Waals surface area (Å²) in [5.41, 5.74) is 19.5. The second-order valence-corrected chi connectivity index (χ2v) is 17.3. The number of para-hydroxylation sites is 1. The van der Waals surface area contributed by atoms with Gasteiger partial charge in [0.15, 0.2) is 0 Å². The summed E-state index contributed by atoms with van der Waals surface area (Å²) < 4.78 is 2.43. The fourth-order valence-electron chi connectivity index (χ4n) is 10.3. The minimum absolute atomic E-state index is 0.103. The molecule has 10 aromatic carbocycles. The van der Waals surface area contributed by atoms with Gasteiger partial charge in [-0.15, -0.1) is 0 Å². The van der Waals surface area contributed by atoms with Crippen LogP contribution in [-0.2, 0) is 5.41 Å². The smallest absolute Gasteiger partial charge is 0.0619 e. The van der Waals surface area contributed by atoms with Gasteiger partial charge < -0.3 is 9.47 Å². The van der Waals surface area contributed by atoms with Crippen molar-refractivity contribution in [1.29, 1.82) is 0 Å². The van der Waals surface area contributed by atoms with Gasteiger partial charge >= 0.3 is 0 Å². The van der Waals surface area contributed by atoms with Gasteiger partial charge in [-0.2, -0.15) is 0 Å². The Balaban J connectivity index is 0.922. The van der Waals surface area contributed by atoms with Crippen LogP contribution in [0.5, 0.6) is 0 Å². The van der Waals surface area contributed by atoms with Gasteiger partial charge in [0.05, 0.1) is 11.0 Å². The number of hydrogen-bond acceptors (Lipinski definition) is 1. The van der Waals surface area contributed by atoms with Gasteiger partial charge in [-0.1, -0.05) is 190 Å². The Morgan fingerprint density at radius 3 is 1.59 bits per heavy atom. The van der Waals surface area contributed by atoms with Crippen LogP contribution >= 0.6 is 0 Å². The molecule has 0 spiro atoms. The molecule has 0 saturated carbocycles. The number of aromatic nitrogens is 1. The Kier molecular flexibility index (Phi) is 8.55. The highest BCUT2D eigenvalue weighted by Gasteiger charge is 2.35. The van der Waals surface area contributed by atoms with Gasteiger partial charge in [-0.25, -0.2) is 0 Å². The molecule has 1 aromatic heterocycles. The van der Waals surface area contributed by atoms with Crippen molar-refractivity contribution in [2.45, 2.75) is 19.3 Å². The minimum Gasteiger partial charge on any atom is -0.310 e. The molecule has 0 atom stereocenters. The maximum absolute atomic E-state index is 2.43. The molecule has 12 rings (SSSR count). The van der Waals surface area contributed by atoms with Crippen LogP contribution in [0.3, 0.4) is 0 Å². The van der Waals surface area contributed by atoms with E-state index in [-0.39, 0.29) is 5.41 Å². The number of nitrogens with zero attached hydrogens (tertiary/aromatic N) is 2. The lowest BCUT2D eigenvalue weighted by molar-refractivity contribution is 0.660. The van der Waals surface area contributed by atoms with Crippen molar-refractivity contribution in [2.75, 3.05) is 4.90 Å². The first-order valence-electron chi connectivity index (χ1n) is 21.9. The van der Waals surface area contributed by atoms with Gasteiger partial charge in [-0.3, -0.25) is 0 Å². The zero-order valence-corrected chi connectivity index (χ0v) is 35.3. The quantitative estimate of drug-likeness (QED) is 0.156. The van der Waals surface area contributed by atoms with E-state index in [1.807, 2.05) is 0 Å². The molecule has 1 aliphatic rings. The zero-order valence-electron chi connectivity index (χ0n) is 35.3. The number of fused-ring (bicyclic) bond motifs is 8. The van der Waals surface area contributed by atoms with Crippen molar-refractivity contribution >= 4 is 49.6 Å². The second kappa shape index (κ2) is 14.6. The van der Waals surface area contributed by atoms with E-state index in [0.29, 0.717) is 0 Å². The molecule has 0 N–H and O–H groups in total. The molecule has 0 unspecified atom stereocenters. The van der Waals surface area contributed by atoms with Crippen molar-refractivity contribution in [3.8, 4) is 50.2 Å². The van der Waals surface area contributed by atoms with Crippen LogP contribution in [0.1, 0.15) is 25.0 Å². The largest absolute Gasteiger partial charge is 0.310 e. The Labute approximate surface area is 368 Å². The van der Waals surface area contributed by atoms with Crippen LogP contribution in [0.2, 0.25) is 0 Å². The molecule has 11 aromatic rings. The molecular weight excluding hydrogens is 761 g/mol. The average Bonchev–Trinajstić information content (AvgIpc) is 3.81. The number of hydrogen-bond donors (Lipinski definition) is 0. The maximum Gasteiger partial charge on any atom is 0.0619 e. The first kappa shape index (κ1) is 36.9. The molecule has 298 valence electrons. The first-order valence-corrected chi connectivity index (χ1v) is 21.9. The van der Waals surface area contributed by atoms with Crippen LogP contribution in [-0.4, -0.2) is 4.57 Å². The molecule has 2 heteroatoms. The maximum atomic E-state index is 2.43. The third-order valence-electron chi connectivity index (χ3n) is 13.4. The van der Waals surface area contributed by atoms with Gasteiger partial charge in [0.2, 0.25) is 0 Å². The first-order chi connectivity index (χ1) is 31.0. The van der Waals surface area contributed by atoms with Crippen molar-refractivity contribution in [1.82, 2.24) is 4.57 Å². The molecule has 63 heavy (non-hydrogen) atoms. The Hall–Kier alpha value is -7.94. The lowest BCUT2D eigenvalue weighted by Crippen LogP contribution is -2.16. The zero-order chi connectivity index (χ0) is 42.1. The number of benzene rings is 10. The molecule has 1 heterocycles. The summed E-state index contributed by atoms with van der Waals surface area (Å²) in [5, 5.41) is 5.05. The summed E-state index contributed by atoms with van der Waals surface area (Å²) in [6, 6.07) is 84.5. The molecule has 0 bridgehead atoms. The van der Waals surface area contributed by atoms with Gasteiger partial charge in [0.1, 0.15) is 0 Å². The van der Waals surface area contributed by atoms with Gasteiger partial charge in [0.25, 0.3) is 0 Å². The molecule has 0 saturated heterocycles. The van der Waals surface area contributed by atoms with Crippen LogP contribution < -0.4 is 4.90 Å².